The highest BCUT2D eigenvalue weighted by atomic mass is 16.6. The van der Waals surface area contributed by atoms with Gasteiger partial charge < -0.3 is 30.2 Å². The molecule has 0 saturated carbocycles. The van der Waals surface area contributed by atoms with Crippen molar-refractivity contribution in [1.82, 2.24) is 16.0 Å². The van der Waals surface area contributed by atoms with Crippen molar-refractivity contribution in [3.8, 4) is 0 Å². The van der Waals surface area contributed by atoms with E-state index < -0.39 is 36.1 Å². The summed E-state index contributed by atoms with van der Waals surface area (Å²) in [5.41, 5.74) is 1.69. The van der Waals surface area contributed by atoms with E-state index in [1.54, 1.807) is 0 Å². The first-order valence-corrected chi connectivity index (χ1v) is 13.1. The highest BCUT2D eigenvalue weighted by Gasteiger charge is 2.30. The average molecular weight is 542 g/mol. The molecule has 0 heterocycles. The van der Waals surface area contributed by atoms with Crippen molar-refractivity contribution in [3.05, 3.63) is 71.8 Å². The van der Waals surface area contributed by atoms with Crippen molar-refractivity contribution in [1.29, 1.82) is 0 Å². The van der Waals surface area contributed by atoms with Crippen LogP contribution in [0, 0.1) is 5.92 Å². The van der Waals surface area contributed by atoms with Gasteiger partial charge in [-0.1, -0.05) is 80.9 Å². The molecule has 10 nitrogen and oxygen atoms in total. The third-order valence-electron chi connectivity index (χ3n) is 6.19. The van der Waals surface area contributed by atoms with Gasteiger partial charge >= 0.3 is 18.2 Å². The second-order valence-electron chi connectivity index (χ2n) is 9.14. The van der Waals surface area contributed by atoms with Crippen LogP contribution >= 0.6 is 0 Å². The number of esters is 1. The molecule has 0 spiro atoms. The van der Waals surface area contributed by atoms with E-state index in [2.05, 4.69) is 16.0 Å². The molecule has 0 aliphatic rings. The standard InChI is InChI=1S/C29H39N3O7/c1-4-21(2)25(27(34)37-3)32-26(33)24(31-29(36)39-20-23-15-9-6-10-16-23)17-11-12-18-30-28(35)38-19-22-13-7-5-8-14-22/h5-10,13-16,21,24-25H,4,11-12,17-20H2,1-3H3,(H,30,35)(H,31,36)(H,32,33)/t21-,24+,25+/m1/s1. The maximum absolute atomic E-state index is 13.1. The number of hydrogen-bond donors (Lipinski definition) is 3. The maximum atomic E-state index is 13.1. The Balaban J connectivity index is 1.88. The number of unbranched alkanes of at least 4 members (excludes halogenated alkanes) is 1. The molecule has 2 aromatic carbocycles. The normalized spacial score (nSPS) is 12.8. The van der Waals surface area contributed by atoms with Gasteiger partial charge in [-0.25, -0.2) is 14.4 Å². The van der Waals surface area contributed by atoms with Gasteiger partial charge in [0.2, 0.25) is 5.91 Å². The Morgan fingerprint density at radius 3 is 1.90 bits per heavy atom. The summed E-state index contributed by atoms with van der Waals surface area (Å²) in [4.78, 5) is 49.8. The quantitative estimate of drug-likeness (QED) is 0.176. The monoisotopic (exact) mass is 541 g/mol. The first kappa shape index (κ1) is 31.1. The number of ether oxygens (including phenoxy) is 3. The van der Waals surface area contributed by atoms with Crippen LogP contribution in [0.1, 0.15) is 50.7 Å². The largest absolute Gasteiger partial charge is 0.467 e. The maximum Gasteiger partial charge on any atom is 0.408 e. The van der Waals surface area contributed by atoms with Crippen LogP contribution in [-0.4, -0.2) is 49.8 Å². The molecule has 2 aromatic rings. The van der Waals surface area contributed by atoms with Crippen LogP contribution < -0.4 is 16.0 Å². The minimum atomic E-state index is -0.950. The Bertz CT molecular complexity index is 1030. The molecule has 212 valence electrons. The number of nitrogens with one attached hydrogen (secondary N) is 3. The van der Waals surface area contributed by atoms with Gasteiger partial charge in [0, 0.05) is 6.54 Å². The number of hydrogen-bond acceptors (Lipinski definition) is 7. The van der Waals surface area contributed by atoms with Crippen molar-refractivity contribution in [2.75, 3.05) is 13.7 Å². The van der Waals surface area contributed by atoms with Gasteiger partial charge in [-0.15, -0.1) is 0 Å². The highest BCUT2D eigenvalue weighted by molar-refractivity contribution is 5.89. The third-order valence-corrected chi connectivity index (χ3v) is 6.19. The molecule has 0 aliphatic carbocycles. The third kappa shape index (κ3) is 11.9. The summed E-state index contributed by atoms with van der Waals surface area (Å²) >= 11 is 0. The van der Waals surface area contributed by atoms with Gasteiger partial charge in [0.05, 0.1) is 7.11 Å². The number of rotatable bonds is 15. The first-order valence-electron chi connectivity index (χ1n) is 13.1. The van der Waals surface area contributed by atoms with E-state index in [1.165, 1.54) is 7.11 Å². The fourth-order valence-corrected chi connectivity index (χ4v) is 3.66. The summed E-state index contributed by atoms with van der Waals surface area (Å²) in [5, 5.41) is 8.00. The van der Waals surface area contributed by atoms with Crippen molar-refractivity contribution < 1.29 is 33.4 Å². The minimum Gasteiger partial charge on any atom is -0.467 e. The number of amides is 3. The van der Waals surface area contributed by atoms with E-state index in [-0.39, 0.29) is 25.6 Å². The molecule has 3 amide bonds. The lowest BCUT2D eigenvalue weighted by Crippen LogP contribution is -2.53. The molecule has 0 radical (unpaired) electrons. The molecule has 0 fully saturated rings. The fourth-order valence-electron chi connectivity index (χ4n) is 3.66. The summed E-state index contributed by atoms with van der Waals surface area (Å²) < 4.78 is 15.3. The number of carbonyl (C=O) groups excluding carboxylic acids is 4. The van der Waals surface area contributed by atoms with Crippen molar-refractivity contribution >= 4 is 24.1 Å². The van der Waals surface area contributed by atoms with Crippen LogP contribution in [0.4, 0.5) is 9.59 Å². The zero-order chi connectivity index (χ0) is 28.5. The van der Waals surface area contributed by atoms with Crippen LogP contribution in [0.15, 0.2) is 60.7 Å². The molecule has 0 aromatic heterocycles. The van der Waals surface area contributed by atoms with Crippen LogP contribution in [0.3, 0.4) is 0 Å². The van der Waals surface area contributed by atoms with E-state index in [1.807, 2.05) is 74.5 Å². The van der Waals surface area contributed by atoms with Gasteiger partial charge in [-0.2, -0.15) is 0 Å². The van der Waals surface area contributed by atoms with Gasteiger partial charge in [0.25, 0.3) is 0 Å². The first-order chi connectivity index (χ1) is 18.8. The molecule has 0 bridgehead atoms. The topological polar surface area (TPSA) is 132 Å². The Kier molecular flexibility index (Phi) is 13.9. The molecule has 3 N–H and O–H groups in total. The predicted octanol–water partition coefficient (Wildman–Crippen LogP) is 4.08. The Morgan fingerprint density at radius 2 is 1.36 bits per heavy atom. The molecule has 3 atom stereocenters. The number of methoxy groups -OCH3 is 1. The summed E-state index contributed by atoms with van der Waals surface area (Å²) in [6.45, 7) is 4.29. The van der Waals surface area contributed by atoms with Crippen LogP contribution in [-0.2, 0) is 37.0 Å². The predicted molar refractivity (Wildman–Crippen MR) is 145 cm³/mol. The van der Waals surface area contributed by atoms with E-state index in [4.69, 9.17) is 14.2 Å². The SMILES string of the molecule is CC[C@@H](C)[C@H](NC(=O)[C@H](CCCCNC(=O)OCc1ccccc1)NC(=O)OCc1ccccc1)C(=O)OC. The van der Waals surface area contributed by atoms with Crippen molar-refractivity contribution in [3.63, 3.8) is 0 Å². The van der Waals surface area contributed by atoms with E-state index >= 15 is 0 Å². The lowest BCUT2D eigenvalue weighted by Gasteiger charge is -2.25. The van der Waals surface area contributed by atoms with Gasteiger partial charge in [0.1, 0.15) is 25.3 Å². The van der Waals surface area contributed by atoms with Crippen molar-refractivity contribution in [2.45, 2.75) is 64.8 Å². The molecule has 0 unspecified atom stereocenters. The summed E-state index contributed by atoms with van der Waals surface area (Å²) in [6, 6.07) is 16.7. The number of carbonyl (C=O) groups is 4. The molecular formula is C29H39N3O7. The molecule has 39 heavy (non-hydrogen) atoms. The van der Waals surface area contributed by atoms with Crippen molar-refractivity contribution in [2.24, 2.45) is 5.92 Å². The Hall–Kier alpha value is -4.08. The summed E-state index contributed by atoms with van der Waals surface area (Å²) in [7, 11) is 1.26. The van der Waals surface area contributed by atoms with Gasteiger partial charge in [-0.3, -0.25) is 4.79 Å². The van der Waals surface area contributed by atoms with Crippen LogP contribution in [0.25, 0.3) is 0 Å². The fraction of sp³-hybridized carbons (Fsp3) is 0.448. The van der Waals surface area contributed by atoms with E-state index in [9.17, 15) is 19.2 Å². The molecule has 10 heteroatoms. The number of alkyl carbamates (subject to hydrolysis) is 2. The Labute approximate surface area is 229 Å². The zero-order valence-corrected chi connectivity index (χ0v) is 22.8. The molecule has 2 rings (SSSR count). The molecular weight excluding hydrogens is 502 g/mol. The summed E-state index contributed by atoms with van der Waals surface area (Å²) in [6.07, 6.45) is 0.661. The van der Waals surface area contributed by atoms with Crippen LogP contribution in [0.5, 0.6) is 0 Å². The Morgan fingerprint density at radius 1 is 0.795 bits per heavy atom. The average Bonchev–Trinajstić information content (AvgIpc) is 2.97. The zero-order valence-electron chi connectivity index (χ0n) is 22.8. The highest BCUT2D eigenvalue weighted by Crippen LogP contribution is 2.11. The van der Waals surface area contributed by atoms with E-state index in [0.717, 1.165) is 11.1 Å². The molecule has 0 aliphatic heterocycles. The second-order valence-corrected chi connectivity index (χ2v) is 9.14. The lowest BCUT2D eigenvalue weighted by molar-refractivity contribution is -0.146. The van der Waals surface area contributed by atoms with Gasteiger partial charge in [0.15, 0.2) is 0 Å². The molecule has 0 saturated heterocycles. The summed E-state index contributed by atoms with van der Waals surface area (Å²) in [5.74, 6) is -1.24. The minimum absolute atomic E-state index is 0.0493. The lowest BCUT2D eigenvalue weighted by atomic mass is 9.98. The van der Waals surface area contributed by atoms with Crippen LogP contribution in [0.2, 0.25) is 0 Å². The van der Waals surface area contributed by atoms with Gasteiger partial charge in [-0.05, 0) is 36.3 Å². The van der Waals surface area contributed by atoms with E-state index in [0.29, 0.717) is 25.8 Å². The smallest absolute Gasteiger partial charge is 0.408 e. The number of benzene rings is 2. The second kappa shape index (κ2) is 17.4.